The SMILES string of the molecule is C=CCC(N)CC(=O)OOC(=O)C(CC(C)C)NC(=O)OC(C)(C)C. The molecule has 25 heavy (non-hydrogen) atoms. The molecule has 1 amide bonds. The van der Waals surface area contributed by atoms with Gasteiger partial charge in [0, 0.05) is 6.04 Å². The molecule has 0 heterocycles. The van der Waals surface area contributed by atoms with Gasteiger partial charge in [-0.2, -0.15) is 0 Å². The van der Waals surface area contributed by atoms with Crippen molar-refractivity contribution in [2.45, 2.75) is 71.6 Å². The summed E-state index contributed by atoms with van der Waals surface area (Å²) in [6.07, 6.45) is 1.43. The van der Waals surface area contributed by atoms with E-state index < -0.39 is 35.7 Å². The fourth-order valence-electron chi connectivity index (χ4n) is 1.83. The Morgan fingerprint density at radius 2 is 1.80 bits per heavy atom. The highest BCUT2D eigenvalue weighted by molar-refractivity contribution is 5.81. The summed E-state index contributed by atoms with van der Waals surface area (Å²) in [4.78, 5) is 44.5. The average Bonchev–Trinajstić information content (AvgIpc) is 2.41. The van der Waals surface area contributed by atoms with Crippen LogP contribution < -0.4 is 11.1 Å². The summed E-state index contributed by atoms with van der Waals surface area (Å²) in [7, 11) is 0. The number of carbonyl (C=O) groups excluding carboxylic acids is 3. The molecular weight excluding hydrogens is 328 g/mol. The molecule has 2 unspecified atom stereocenters. The molecule has 0 spiro atoms. The van der Waals surface area contributed by atoms with E-state index in [9.17, 15) is 14.4 Å². The summed E-state index contributed by atoms with van der Waals surface area (Å²) < 4.78 is 5.11. The summed E-state index contributed by atoms with van der Waals surface area (Å²) in [6.45, 7) is 12.4. The van der Waals surface area contributed by atoms with Crippen LogP contribution in [0, 0.1) is 5.92 Å². The van der Waals surface area contributed by atoms with Gasteiger partial charge < -0.3 is 15.8 Å². The van der Waals surface area contributed by atoms with Crippen molar-refractivity contribution in [1.29, 1.82) is 0 Å². The lowest BCUT2D eigenvalue weighted by molar-refractivity contribution is -0.260. The van der Waals surface area contributed by atoms with E-state index in [4.69, 9.17) is 10.5 Å². The summed E-state index contributed by atoms with van der Waals surface area (Å²) in [5, 5.41) is 2.42. The molecule has 0 aromatic rings. The molecule has 0 radical (unpaired) electrons. The van der Waals surface area contributed by atoms with Gasteiger partial charge in [-0.1, -0.05) is 19.9 Å². The normalized spacial score (nSPS) is 13.6. The van der Waals surface area contributed by atoms with E-state index in [1.54, 1.807) is 26.8 Å². The van der Waals surface area contributed by atoms with Gasteiger partial charge in [-0.25, -0.2) is 24.2 Å². The van der Waals surface area contributed by atoms with Crippen LogP contribution in [0.1, 0.15) is 53.9 Å². The first-order valence-corrected chi connectivity index (χ1v) is 8.21. The Bertz CT molecular complexity index is 470. The highest BCUT2D eigenvalue weighted by Gasteiger charge is 2.28. The fraction of sp³-hybridized carbons (Fsp3) is 0.706. The predicted molar refractivity (Wildman–Crippen MR) is 92.2 cm³/mol. The quantitative estimate of drug-likeness (QED) is 0.388. The number of hydrogen-bond donors (Lipinski definition) is 2. The van der Waals surface area contributed by atoms with Crippen LogP contribution in [0.15, 0.2) is 12.7 Å². The second-order valence-corrected chi connectivity index (χ2v) is 7.17. The summed E-state index contributed by atoms with van der Waals surface area (Å²) in [6, 6.07) is -1.46. The standard InChI is InChI=1S/C17H30N2O6/c1-7-8-12(18)10-14(20)24-25-15(21)13(9-11(2)3)19-16(22)23-17(4,5)6/h7,11-13H,1,8-10,18H2,2-6H3,(H,19,22). The molecule has 0 aromatic heterocycles. The number of alkyl carbamates (subject to hydrolysis) is 1. The Balaban J connectivity index is 4.60. The number of nitrogens with two attached hydrogens (primary N) is 1. The lowest BCUT2D eigenvalue weighted by atomic mass is 10.0. The van der Waals surface area contributed by atoms with Crippen LogP contribution in [0.5, 0.6) is 0 Å². The van der Waals surface area contributed by atoms with Crippen LogP contribution in [0.4, 0.5) is 4.79 Å². The minimum absolute atomic E-state index is 0.0872. The Morgan fingerprint density at radius 1 is 1.20 bits per heavy atom. The monoisotopic (exact) mass is 358 g/mol. The maximum Gasteiger partial charge on any atom is 0.408 e. The Morgan fingerprint density at radius 3 is 2.28 bits per heavy atom. The third-order valence-corrected chi connectivity index (χ3v) is 2.80. The number of hydrogen-bond acceptors (Lipinski definition) is 7. The van der Waals surface area contributed by atoms with Crippen molar-refractivity contribution in [2.24, 2.45) is 11.7 Å². The second-order valence-electron chi connectivity index (χ2n) is 7.17. The van der Waals surface area contributed by atoms with E-state index in [0.717, 1.165) is 0 Å². The van der Waals surface area contributed by atoms with E-state index in [-0.39, 0.29) is 12.3 Å². The number of carbonyl (C=O) groups is 3. The first kappa shape index (κ1) is 22.9. The van der Waals surface area contributed by atoms with Crippen molar-refractivity contribution in [3.05, 3.63) is 12.7 Å². The average molecular weight is 358 g/mol. The van der Waals surface area contributed by atoms with Crippen molar-refractivity contribution in [3.63, 3.8) is 0 Å². The molecule has 0 fully saturated rings. The van der Waals surface area contributed by atoms with Crippen LogP contribution in [0.3, 0.4) is 0 Å². The lowest BCUT2D eigenvalue weighted by Crippen LogP contribution is -2.45. The van der Waals surface area contributed by atoms with Gasteiger partial charge in [0.15, 0.2) is 0 Å². The van der Waals surface area contributed by atoms with Crippen LogP contribution >= 0.6 is 0 Å². The van der Waals surface area contributed by atoms with Crippen LogP contribution in [-0.2, 0) is 24.1 Å². The van der Waals surface area contributed by atoms with Gasteiger partial charge in [0.05, 0.1) is 6.42 Å². The van der Waals surface area contributed by atoms with E-state index in [0.29, 0.717) is 12.8 Å². The first-order valence-electron chi connectivity index (χ1n) is 8.21. The van der Waals surface area contributed by atoms with E-state index in [2.05, 4.69) is 21.7 Å². The number of amides is 1. The third kappa shape index (κ3) is 12.0. The molecule has 0 rings (SSSR count). The van der Waals surface area contributed by atoms with Crippen molar-refractivity contribution in [1.82, 2.24) is 5.32 Å². The zero-order valence-corrected chi connectivity index (χ0v) is 15.7. The molecule has 0 aliphatic rings. The molecule has 0 saturated carbocycles. The molecule has 0 bridgehead atoms. The Hall–Kier alpha value is -2.09. The lowest BCUT2D eigenvalue weighted by Gasteiger charge is -2.23. The van der Waals surface area contributed by atoms with Crippen LogP contribution in [0.2, 0.25) is 0 Å². The van der Waals surface area contributed by atoms with Gasteiger partial charge in [-0.3, -0.25) is 0 Å². The molecule has 0 aliphatic carbocycles. The molecule has 3 N–H and O–H groups in total. The highest BCUT2D eigenvalue weighted by atomic mass is 17.2. The van der Waals surface area contributed by atoms with E-state index in [1.165, 1.54) is 0 Å². The Kier molecular flexibility index (Phi) is 9.81. The van der Waals surface area contributed by atoms with Gasteiger partial charge in [-0.05, 0) is 39.5 Å². The smallest absolute Gasteiger partial charge is 0.408 e. The molecule has 0 aromatic carbocycles. The largest absolute Gasteiger partial charge is 0.444 e. The maximum absolute atomic E-state index is 12.1. The van der Waals surface area contributed by atoms with Crippen molar-refractivity contribution < 1.29 is 28.9 Å². The molecule has 2 atom stereocenters. The van der Waals surface area contributed by atoms with Crippen molar-refractivity contribution >= 4 is 18.0 Å². The third-order valence-electron chi connectivity index (χ3n) is 2.80. The van der Waals surface area contributed by atoms with Gasteiger partial charge in [0.25, 0.3) is 0 Å². The molecule has 0 saturated heterocycles. The number of ether oxygens (including phenoxy) is 1. The van der Waals surface area contributed by atoms with Crippen molar-refractivity contribution in [3.8, 4) is 0 Å². The predicted octanol–water partition coefficient (Wildman–Crippen LogP) is 2.22. The van der Waals surface area contributed by atoms with Crippen molar-refractivity contribution in [2.75, 3.05) is 0 Å². The zero-order valence-electron chi connectivity index (χ0n) is 15.7. The fourth-order valence-corrected chi connectivity index (χ4v) is 1.83. The Labute approximate surface area is 149 Å². The summed E-state index contributed by atoms with van der Waals surface area (Å²) >= 11 is 0. The van der Waals surface area contributed by atoms with E-state index in [1.807, 2.05) is 13.8 Å². The minimum atomic E-state index is -0.996. The molecule has 8 heteroatoms. The number of nitrogens with one attached hydrogen (secondary N) is 1. The second kappa shape index (κ2) is 10.7. The minimum Gasteiger partial charge on any atom is -0.444 e. The van der Waals surface area contributed by atoms with E-state index >= 15 is 0 Å². The van der Waals surface area contributed by atoms with Crippen LogP contribution in [0.25, 0.3) is 0 Å². The highest BCUT2D eigenvalue weighted by Crippen LogP contribution is 2.11. The maximum atomic E-state index is 12.1. The number of rotatable bonds is 8. The summed E-state index contributed by atoms with van der Waals surface area (Å²) in [5.74, 6) is -1.57. The molecule has 0 aliphatic heterocycles. The first-order chi connectivity index (χ1) is 11.4. The molecular formula is C17H30N2O6. The van der Waals surface area contributed by atoms with Gasteiger partial charge in [0.1, 0.15) is 11.6 Å². The van der Waals surface area contributed by atoms with Gasteiger partial charge in [-0.15, -0.1) is 6.58 Å². The topological polar surface area (TPSA) is 117 Å². The zero-order chi connectivity index (χ0) is 19.6. The van der Waals surface area contributed by atoms with Crippen LogP contribution in [-0.4, -0.2) is 35.7 Å². The molecule has 8 nitrogen and oxygen atoms in total. The van der Waals surface area contributed by atoms with Gasteiger partial charge in [0.2, 0.25) is 0 Å². The van der Waals surface area contributed by atoms with Gasteiger partial charge >= 0.3 is 18.0 Å². The molecule has 144 valence electrons. The summed E-state index contributed by atoms with van der Waals surface area (Å²) in [5.41, 5.74) is 4.95.